The van der Waals surface area contributed by atoms with Gasteiger partial charge in [0, 0.05) is 19.3 Å². The number of alkyl carbamates (subject to hydrolysis) is 1. The van der Waals surface area contributed by atoms with Crippen molar-refractivity contribution in [2.75, 3.05) is 0 Å². The molecule has 1 heterocycles. The normalized spacial score (nSPS) is 10.9. The molecule has 0 saturated heterocycles. The molecule has 8 heteroatoms. The van der Waals surface area contributed by atoms with Crippen LogP contribution in [0.3, 0.4) is 0 Å². The number of ether oxygens (including phenoxy) is 2. The van der Waals surface area contributed by atoms with Crippen molar-refractivity contribution in [3.8, 4) is 11.6 Å². The third kappa shape index (κ3) is 7.60. The number of carbonyl (C=O) groups excluding carboxylic acids is 2. The van der Waals surface area contributed by atoms with Gasteiger partial charge in [-0.05, 0) is 68.3 Å². The van der Waals surface area contributed by atoms with E-state index in [1.807, 2.05) is 24.3 Å². The summed E-state index contributed by atoms with van der Waals surface area (Å²) in [5, 5.41) is 5.54. The Labute approximate surface area is 192 Å². The molecule has 3 rings (SSSR count). The van der Waals surface area contributed by atoms with Crippen LogP contribution in [0.25, 0.3) is 0 Å². The number of carbonyl (C=O) groups is 2. The first kappa shape index (κ1) is 23.7. The number of rotatable bonds is 7. The highest BCUT2D eigenvalue weighted by Crippen LogP contribution is 2.23. The smallest absolute Gasteiger partial charge is 0.407 e. The fourth-order valence-electron chi connectivity index (χ4n) is 2.80. The molecule has 0 bridgehead atoms. The fourth-order valence-corrected chi connectivity index (χ4v) is 2.80. The topological polar surface area (TPSA) is 89.6 Å². The maximum Gasteiger partial charge on any atom is 0.407 e. The average Bonchev–Trinajstić information content (AvgIpc) is 2.77. The van der Waals surface area contributed by atoms with Crippen LogP contribution in [0.1, 0.15) is 42.3 Å². The summed E-state index contributed by atoms with van der Waals surface area (Å²) in [6, 6.07) is 16.2. The molecular weight excluding hydrogens is 425 g/mol. The Kier molecular flexibility index (Phi) is 7.61. The van der Waals surface area contributed by atoms with Crippen LogP contribution in [0.15, 0.2) is 66.9 Å². The van der Waals surface area contributed by atoms with Crippen molar-refractivity contribution in [2.45, 2.75) is 39.5 Å². The van der Waals surface area contributed by atoms with Crippen LogP contribution < -0.4 is 15.4 Å². The van der Waals surface area contributed by atoms with Crippen LogP contribution in [0.2, 0.25) is 0 Å². The summed E-state index contributed by atoms with van der Waals surface area (Å²) in [5.74, 6) is -0.228. The second-order valence-electron chi connectivity index (χ2n) is 8.27. The Bertz CT molecular complexity index is 1090. The van der Waals surface area contributed by atoms with Crippen LogP contribution in [0, 0.1) is 5.82 Å². The van der Waals surface area contributed by atoms with Crippen molar-refractivity contribution in [1.29, 1.82) is 0 Å². The van der Waals surface area contributed by atoms with Crippen LogP contribution in [0.4, 0.5) is 9.18 Å². The van der Waals surface area contributed by atoms with E-state index in [0.717, 1.165) is 11.1 Å². The van der Waals surface area contributed by atoms with Gasteiger partial charge in [0.2, 0.25) is 5.88 Å². The molecule has 2 N–H and O–H groups in total. The molecule has 0 radical (unpaired) electrons. The minimum Gasteiger partial charge on any atom is -0.444 e. The monoisotopic (exact) mass is 451 g/mol. The minimum atomic E-state index is -0.551. The summed E-state index contributed by atoms with van der Waals surface area (Å²) in [5.41, 5.74) is 1.50. The van der Waals surface area contributed by atoms with Gasteiger partial charge in [0.1, 0.15) is 22.7 Å². The van der Waals surface area contributed by atoms with Crippen molar-refractivity contribution >= 4 is 12.0 Å². The van der Waals surface area contributed by atoms with E-state index < -0.39 is 11.7 Å². The molecule has 1 aromatic heterocycles. The number of nitrogens with zero attached hydrogens (tertiary/aromatic N) is 1. The van der Waals surface area contributed by atoms with E-state index in [2.05, 4.69) is 15.6 Å². The zero-order chi connectivity index (χ0) is 23.8. The van der Waals surface area contributed by atoms with Crippen LogP contribution in [-0.4, -0.2) is 22.6 Å². The van der Waals surface area contributed by atoms with Crippen molar-refractivity contribution in [3.63, 3.8) is 0 Å². The zero-order valence-electron chi connectivity index (χ0n) is 18.7. The average molecular weight is 451 g/mol. The summed E-state index contributed by atoms with van der Waals surface area (Å²) in [6.45, 7) is 6.04. The lowest BCUT2D eigenvalue weighted by molar-refractivity contribution is 0.0523. The number of hydrogen-bond acceptors (Lipinski definition) is 5. The predicted octanol–water partition coefficient (Wildman–Crippen LogP) is 4.97. The van der Waals surface area contributed by atoms with E-state index in [4.69, 9.17) is 9.47 Å². The molecule has 2 amide bonds. The second-order valence-corrected chi connectivity index (χ2v) is 8.27. The van der Waals surface area contributed by atoms with Gasteiger partial charge in [-0.15, -0.1) is 0 Å². The molecule has 2 aromatic carbocycles. The molecule has 33 heavy (non-hydrogen) atoms. The van der Waals surface area contributed by atoms with Gasteiger partial charge in [0.25, 0.3) is 5.91 Å². The number of pyridine rings is 1. The van der Waals surface area contributed by atoms with E-state index in [1.165, 1.54) is 30.5 Å². The van der Waals surface area contributed by atoms with Gasteiger partial charge >= 0.3 is 6.09 Å². The van der Waals surface area contributed by atoms with E-state index in [0.29, 0.717) is 18.8 Å². The van der Waals surface area contributed by atoms with Crippen LogP contribution >= 0.6 is 0 Å². The molecule has 0 aliphatic carbocycles. The fraction of sp³-hybridized carbons (Fsp3) is 0.240. The highest BCUT2D eigenvalue weighted by atomic mass is 19.1. The third-order valence-corrected chi connectivity index (χ3v) is 4.36. The Morgan fingerprint density at radius 2 is 1.52 bits per heavy atom. The van der Waals surface area contributed by atoms with Crippen molar-refractivity contribution < 1.29 is 23.5 Å². The Hall–Kier alpha value is -3.94. The molecule has 0 saturated carbocycles. The number of benzene rings is 2. The molecule has 0 spiro atoms. The Balaban J connectivity index is 1.54. The maximum atomic E-state index is 13.1. The van der Waals surface area contributed by atoms with Gasteiger partial charge in [-0.2, -0.15) is 0 Å². The molecule has 0 aliphatic heterocycles. The predicted molar refractivity (Wildman–Crippen MR) is 121 cm³/mol. The van der Waals surface area contributed by atoms with Gasteiger partial charge in [-0.25, -0.2) is 14.2 Å². The number of aromatic nitrogens is 1. The first-order valence-corrected chi connectivity index (χ1v) is 10.4. The third-order valence-electron chi connectivity index (χ3n) is 4.36. The second kappa shape index (κ2) is 10.6. The number of hydrogen-bond donors (Lipinski definition) is 2. The summed E-state index contributed by atoms with van der Waals surface area (Å²) < 4.78 is 24.0. The number of nitrogens with one attached hydrogen (secondary N) is 2. The van der Waals surface area contributed by atoms with Gasteiger partial charge in [-0.1, -0.05) is 24.3 Å². The van der Waals surface area contributed by atoms with Gasteiger partial charge in [0.15, 0.2) is 0 Å². The molecule has 7 nitrogen and oxygen atoms in total. The van der Waals surface area contributed by atoms with Crippen molar-refractivity contribution in [3.05, 3.63) is 89.4 Å². The highest BCUT2D eigenvalue weighted by molar-refractivity contribution is 5.96. The van der Waals surface area contributed by atoms with Gasteiger partial charge in [-0.3, -0.25) is 4.79 Å². The maximum absolute atomic E-state index is 13.1. The molecular formula is C25H26FN3O4. The van der Waals surface area contributed by atoms with E-state index in [-0.39, 0.29) is 23.2 Å². The summed E-state index contributed by atoms with van der Waals surface area (Å²) in [6.07, 6.45) is 1.04. The van der Waals surface area contributed by atoms with Crippen molar-refractivity contribution in [1.82, 2.24) is 15.6 Å². The van der Waals surface area contributed by atoms with E-state index >= 15 is 0 Å². The van der Waals surface area contributed by atoms with Crippen LogP contribution in [-0.2, 0) is 17.8 Å². The first-order chi connectivity index (χ1) is 15.7. The Morgan fingerprint density at radius 1 is 0.909 bits per heavy atom. The summed E-state index contributed by atoms with van der Waals surface area (Å²) in [7, 11) is 0. The summed E-state index contributed by atoms with van der Waals surface area (Å²) in [4.78, 5) is 28.6. The molecule has 0 unspecified atom stereocenters. The van der Waals surface area contributed by atoms with Gasteiger partial charge < -0.3 is 20.1 Å². The van der Waals surface area contributed by atoms with Crippen LogP contribution in [0.5, 0.6) is 11.6 Å². The lowest BCUT2D eigenvalue weighted by Gasteiger charge is -2.19. The lowest BCUT2D eigenvalue weighted by Crippen LogP contribution is -2.32. The number of amides is 2. The largest absolute Gasteiger partial charge is 0.444 e. The Morgan fingerprint density at radius 3 is 2.12 bits per heavy atom. The molecule has 172 valence electrons. The molecule has 0 atom stereocenters. The molecule has 0 fully saturated rings. The quantitative estimate of drug-likeness (QED) is 0.530. The molecule has 3 aromatic rings. The lowest BCUT2D eigenvalue weighted by atomic mass is 10.1. The van der Waals surface area contributed by atoms with E-state index in [1.54, 1.807) is 32.9 Å². The molecule has 0 aliphatic rings. The SMILES string of the molecule is CC(C)(C)OC(=O)NCc1ccc(CNC(=O)c2cccnc2Oc2ccc(F)cc2)cc1. The number of halogens is 1. The minimum absolute atomic E-state index is 0.130. The van der Waals surface area contributed by atoms with Gasteiger partial charge in [0.05, 0.1) is 0 Å². The van der Waals surface area contributed by atoms with E-state index in [9.17, 15) is 14.0 Å². The highest BCUT2D eigenvalue weighted by Gasteiger charge is 2.16. The zero-order valence-corrected chi connectivity index (χ0v) is 18.7. The summed E-state index contributed by atoms with van der Waals surface area (Å²) >= 11 is 0. The first-order valence-electron chi connectivity index (χ1n) is 10.4. The van der Waals surface area contributed by atoms with Crippen molar-refractivity contribution in [2.24, 2.45) is 0 Å². The standard InChI is InChI=1S/C25H26FN3O4/c1-25(2,3)33-24(31)29-16-18-8-6-17(7-9-18)15-28-22(30)21-5-4-14-27-23(21)32-20-12-10-19(26)11-13-20/h4-14H,15-16H2,1-3H3,(H,28,30)(H,29,31).